The molecule has 3 N–H and O–H groups in total. The molecule has 1 saturated heterocycles. The Bertz CT molecular complexity index is 621. The number of anilines is 2. The van der Waals surface area contributed by atoms with E-state index in [0.29, 0.717) is 10.0 Å². The molecular formula is C13H16Cl2N6. The van der Waals surface area contributed by atoms with Gasteiger partial charge in [0, 0.05) is 32.7 Å². The van der Waals surface area contributed by atoms with Crippen molar-refractivity contribution >= 4 is 35.1 Å². The van der Waals surface area contributed by atoms with Crippen LogP contribution >= 0.6 is 23.2 Å². The number of H-pyrrole nitrogens is 1. The molecule has 1 aromatic carbocycles. The summed E-state index contributed by atoms with van der Waals surface area (Å²) in [4.78, 5) is 8.67. The maximum Gasteiger partial charge on any atom is 0.241 e. The lowest BCUT2D eigenvalue weighted by atomic mass is 10.2. The quantitative estimate of drug-likeness (QED) is 0.902. The third-order valence-corrected chi connectivity index (χ3v) is 4.29. The largest absolute Gasteiger partial charge is 0.366 e. The van der Waals surface area contributed by atoms with E-state index in [1.807, 2.05) is 18.2 Å². The summed E-state index contributed by atoms with van der Waals surface area (Å²) in [5.41, 5.74) is 6.70. The first kappa shape index (κ1) is 14.4. The van der Waals surface area contributed by atoms with Crippen molar-refractivity contribution < 1.29 is 0 Å². The van der Waals surface area contributed by atoms with Crippen molar-refractivity contribution in [2.45, 2.75) is 6.54 Å². The summed E-state index contributed by atoms with van der Waals surface area (Å²) in [6, 6.07) is 5.78. The van der Waals surface area contributed by atoms with Crippen LogP contribution in [0, 0.1) is 0 Å². The van der Waals surface area contributed by atoms with Gasteiger partial charge in [0.15, 0.2) is 0 Å². The molecule has 21 heavy (non-hydrogen) atoms. The SMILES string of the molecule is Nc1n[nH]c(N2CCN(Cc3ccc(Cl)c(Cl)c3)CC2)n1. The predicted molar refractivity (Wildman–Crippen MR) is 84.7 cm³/mol. The number of rotatable bonds is 3. The molecule has 6 nitrogen and oxygen atoms in total. The highest BCUT2D eigenvalue weighted by Crippen LogP contribution is 2.23. The fourth-order valence-corrected chi connectivity index (χ4v) is 2.74. The van der Waals surface area contributed by atoms with E-state index < -0.39 is 0 Å². The van der Waals surface area contributed by atoms with E-state index in [2.05, 4.69) is 25.0 Å². The number of nitrogens with zero attached hydrogens (tertiary/aromatic N) is 4. The summed E-state index contributed by atoms with van der Waals surface area (Å²) in [6.45, 7) is 4.52. The van der Waals surface area contributed by atoms with Gasteiger partial charge in [-0.1, -0.05) is 29.3 Å². The van der Waals surface area contributed by atoms with Crippen LogP contribution in [0.1, 0.15) is 5.56 Å². The van der Waals surface area contributed by atoms with Crippen molar-refractivity contribution in [3.8, 4) is 0 Å². The van der Waals surface area contributed by atoms with Crippen molar-refractivity contribution in [3.05, 3.63) is 33.8 Å². The van der Waals surface area contributed by atoms with E-state index in [9.17, 15) is 0 Å². The summed E-state index contributed by atoms with van der Waals surface area (Å²) < 4.78 is 0. The highest BCUT2D eigenvalue weighted by Gasteiger charge is 2.19. The Morgan fingerprint density at radius 3 is 2.52 bits per heavy atom. The van der Waals surface area contributed by atoms with Crippen LogP contribution in [0.4, 0.5) is 11.9 Å². The van der Waals surface area contributed by atoms with Crippen LogP contribution in [0.25, 0.3) is 0 Å². The van der Waals surface area contributed by atoms with Crippen LogP contribution in [-0.4, -0.2) is 46.3 Å². The van der Waals surface area contributed by atoms with Gasteiger partial charge in [0.05, 0.1) is 10.0 Å². The molecule has 0 radical (unpaired) electrons. The van der Waals surface area contributed by atoms with Crippen molar-refractivity contribution in [3.63, 3.8) is 0 Å². The number of halogens is 2. The van der Waals surface area contributed by atoms with Gasteiger partial charge < -0.3 is 10.6 Å². The molecule has 1 fully saturated rings. The average Bonchev–Trinajstić information content (AvgIpc) is 2.90. The molecule has 1 aliphatic rings. The first-order valence-corrected chi connectivity index (χ1v) is 7.46. The Kier molecular flexibility index (Phi) is 4.19. The first-order chi connectivity index (χ1) is 10.1. The highest BCUT2D eigenvalue weighted by atomic mass is 35.5. The number of nitrogens with two attached hydrogens (primary N) is 1. The van der Waals surface area contributed by atoms with E-state index in [4.69, 9.17) is 28.9 Å². The lowest BCUT2D eigenvalue weighted by Crippen LogP contribution is -2.46. The Labute approximate surface area is 132 Å². The number of nitrogen functional groups attached to an aromatic ring is 1. The average molecular weight is 327 g/mol. The molecule has 1 aromatic heterocycles. The van der Waals surface area contributed by atoms with E-state index >= 15 is 0 Å². The molecule has 0 amide bonds. The topological polar surface area (TPSA) is 74.1 Å². The van der Waals surface area contributed by atoms with Gasteiger partial charge in [0.2, 0.25) is 11.9 Å². The van der Waals surface area contributed by atoms with Gasteiger partial charge in [-0.05, 0) is 17.7 Å². The van der Waals surface area contributed by atoms with Crippen molar-refractivity contribution in [1.29, 1.82) is 0 Å². The van der Waals surface area contributed by atoms with Crippen molar-refractivity contribution in [1.82, 2.24) is 20.1 Å². The number of benzene rings is 1. The fraction of sp³-hybridized carbons (Fsp3) is 0.385. The van der Waals surface area contributed by atoms with Crippen LogP contribution in [0.15, 0.2) is 18.2 Å². The molecule has 0 saturated carbocycles. The van der Waals surface area contributed by atoms with Crippen LogP contribution in [0.2, 0.25) is 10.0 Å². The zero-order chi connectivity index (χ0) is 14.8. The number of nitrogens with one attached hydrogen (secondary N) is 1. The molecule has 8 heteroatoms. The summed E-state index contributed by atoms with van der Waals surface area (Å²) in [5.74, 6) is 1.02. The minimum atomic E-state index is 0.281. The normalized spacial score (nSPS) is 16.4. The van der Waals surface area contributed by atoms with E-state index in [0.717, 1.165) is 38.7 Å². The zero-order valence-electron chi connectivity index (χ0n) is 11.4. The van der Waals surface area contributed by atoms with Gasteiger partial charge in [-0.15, -0.1) is 5.10 Å². The molecular weight excluding hydrogens is 311 g/mol. The van der Waals surface area contributed by atoms with Crippen LogP contribution < -0.4 is 10.6 Å². The molecule has 0 atom stereocenters. The maximum absolute atomic E-state index is 6.05. The molecule has 112 valence electrons. The Balaban J connectivity index is 1.57. The standard InChI is InChI=1S/C13H16Cl2N6/c14-10-2-1-9(7-11(10)15)8-20-3-5-21(6-4-20)13-17-12(16)18-19-13/h1-2,7H,3-6,8H2,(H3,16,17,18,19). The molecule has 1 aliphatic heterocycles. The summed E-state index contributed by atoms with van der Waals surface area (Å²) >= 11 is 12.0. The van der Waals surface area contributed by atoms with E-state index in [-0.39, 0.29) is 5.95 Å². The first-order valence-electron chi connectivity index (χ1n) is 6.71. The second-order valence-electron chi connectivity index (χ2n) is 5.03. The van der Waals surface area contributed by atoms with Crippen LogP contribution in [0.3, 0.4) is 0 Å². The van der Waals surface area contributed by atoms with E-state index in [1.165, 1.54) is 5.56 Å². The predicted octanol–water partition coefficient (Wildman–Crippen LogP) is 2.02. The van der Waals surface area contributed by atoms with Gasteiger partial charge in [-0.25, -0.2) is 5.10 Å². The molecule has 2 aromatic rings. The van der Waals surface area contributed by atoms with E-state index in [1.54, 1.807) is 0 Å². The van der Waals surface area contributed by atoms with Crippen LogP contribution in [-0.2, 0) is 6.54 Å². The smallest absolute Gasteiger partial charge is 0.241 e. The molecule has 2 heterocycles. The summed E-state index contributed by atoms with van der Waals surface area (Å²) in [7, 11) is 0. The number of aromatic nitrogens is 3. The number of hydrogen-bond acceptors (Lipinski definition) is 5. The molecule has 0 spiro atoms. The second-order valence-corrected chi connectivity index (χ2v) is 5.84. The highest BCUT2D eigenvalue weighted by molar-refractivity contribution is 6.42. The minimum Gasteiger partial charge on any atom is -0.366 e. The third kappa shape index (κ3) is 3.40. The molecule has 0 aliphatic carbocycles. The van der Waals surface area contributed by atoms with Crippen LogP contribution in [0.5, 0.6) is 0 Å². The summed E-state index contributed by atoms with van der Waals surface area (Å²) in [5, 5.41) is 7.89. The lowest BCUT2D eigenvalue weighted by Gasteiger charge is -2.34. The van der Waals surface area contributed by atoms with Crippen molar-refractivity contribution in [2.24, 2.45) is 0 Å². The zero-order valence-corrected chi connectivity index (χ0v) is 12.9. The Morgan fingerprint density at radius 1 is 1.14 bits per heavy atom. The number of piperazine rings is 1. The maximum atomic E-state index is 6.05. The van der Waals surface area contributed by atoms with Gasteiger partial charge >= 0.3 is 0 Å². The number of hydrogen-bond donors (Lipinski definition) is 2. The van der Waals surface area contributed by atoms with Crippen molar-refractivity contribution in [2.75, 3.05) is 36.8 Å². The fourth-order valence-electron chi connectivity index (χ4n) is 2.42. The van der Waals surface area contributed by atoms with Gasteiger partial charge in [0.1, 0.15) is 0 Å². The number of aromatic amines is 1. The molecule has 0 bridgehead atoms. The third-order valence-electron chi connectivity index (χ3n) is 3.55. The second kappa shape index (κ2) is 6.09. The molecule has 3 rings (SSSR count). The Morgan fingerprint density at radius 2 is 1.90 bits per heavy atom. The minimum absolute atomic E-state index is 0.281. The van der Waals surface area contributed by atoms with Gasteiger partial charge in [-0.3, -0.25) is 4.90 Å². The summed E-state index contributed by atoms with van der Waals surface area (Å²) in [6.07, 6.45) is 0. The van der Waals surface area contributed by atoms with Gasteiger partial charge in [0.25, 0.3) is 0 Å². The van der Waals surface area contributed by atoms with Gasteiger partial charge in [-0.2, -0.15) is 4.98 Å². The Hall–Kier alpha value is -1.50. The lowest BCUT2D eigenvalue weighted by molar-refractivity contribution is 0.249. The monoisotopic (exact) mass is 326 g/mol. The molecule has 0 unspecified atom stereocenters.